The molecule has 1 aliphatic carbocycles. The smallest absolute Gasteiger partial charge is 0.331 e. The highest BCUT2D eigenvalue weighted by Gasteiger charge is 2.30. The molecule has 144 valence electrons. The van der Waals surface area contributed by atoms with Crippen LogP contribution in [0.5, 0.6) is 5.88 Å². The van der Waals surface area contributed by atoms with Crippen molar-refractivity contribution in [1.82, 2.24) is 9.55 Å². The number of hydrazone groups is 1. The van der Waals surface area contributed by atoms with E-state index in [1.54, 1.807) is 31.2 Å². The Labute approximate surface area is 160 Å². The average Bonchev–Trinajstić information content (AvgIpc) is 3.29. The molecule has 0 bridgehead atoms. The van der Waals surface area contributed by atoms with Gasteiger partial charge in [-0.25, -0.2) is 4.79 Å². The van der Waals surface area contributed by atoms with Crippen LogP contribution in [0.25, 0.3) is 6.08 Å². The summed E-state index contributed by atoms with van der Waals surface area (Å²) in [6.45, 7) is 1.66. The lowest BCUT2D eigenvalue weighted by Crippen LogP contribution is -2.33. The SMILES string of the molecule is CC1=NN(c2ccccc2)C(=O)C1=Cc1c(O)n(C2CCCC2)c(=O)[nH]c1=O. The molecule has 0 spiro atoms. The highest BCUT2D eigenvalue weighted by molar-refractivity contribution is 6.32. The number of H-pyrrole nitrogens is 1. The van der Waals surface area contributed by atoms with Gasteiger partial charge in [0.25, 0.3) is 11.5 Å². The van der Waals surface area contributed by atoms with Crippen molar-refractivity contribution in [1.29, 1.82) is 0 Å². The van der Waals surface area contributed by atoms with Gasteiger partial charge in [-0.2, -0.15) is 10.1 Å². The minimum absolute atomic E-state index is 0.112. The lowest BCUT2D eigenvalue weighted by molar-refractivity contribution is -0.114. The molecule has 1 fully saturated rings. The first-order valence-corrected chi connectivity index (χ1v) is 9.22. The number of carbonyl (C=O) groups is 1. The molecule has 0 saturated heterocycles. The van der Waals surface area contributed by atoms with Crippen LogP contribution < -0.4 is 16.3 Å². The Morgan fingerprint density at radius 3 is 2.50 bits per heavy atom. The summed E-state index contributed by atoms with van der Waals surface area (Å²) in [7, 11) is 0. The minimum Gasteiger partial charge on any atom is -0.494 e. The molecule has 2 aromatic rings. The normalized spacial score (nSPS) is 18.9. The van der Waals surface area contributed by atoms with E-state index in [1.807, 2.05) is 6.07 Å². The largest absolute Gasteiger partial charge is 0.494 e. The number of carbonyl (C=O) groups excluding carboxylic acids is 1. The van der Waals surface area contributed by atoms with Gasteiger partial charge in [0.05, 0.1) is 17.0 Å². The van der Waals surface area contributed by atoms with E-state index in [2.05, 4.69) is 10.1 Å². The zero-order valence-electron chi connectivity index (χ0n) is 15.4. The van der Waals surface area contributed by atoms with Gasteiger partial charge < -0.3 is 5.11 Å². The summed E-state index contributed by atoms with van der Waals surface area (Å²) in [4.78, 5) is 39.7. The third-order valence-corrected chi connectivity index (χ3v) is 5.19. The molecule has 0 radical (unpaired) electrons. The first-order chi connectivity index (χ1) is 13.5. The van der Waals surface area contributed by atoms with E-state index in [0.29, 0.717) is 11.4 Å². The van der Waals surface area contributed by atoms with E-state index in [1.165, 1.54) is 15.7 Å². The maximum atomic E-state index is 12.8. The molecule has 1 aromatic heterocycles. The molecule has 4 rings (SSSR count). The molecule has 28 heavy (non-hydrogen) atoms. The van der Waals surface area contributed by atoms with Crippen LogP contribution in [-0.2, 0) is 4.79 Å². The molecule has 0 atom stereocenters. The Balaban J connectivity index is 1.78. The third kappa shape index (κ3) is 2.96. The Morgan fingerprint density at radius 2 is 1.82 bits per heavy atom. The number of para-hydroxylation sites is 1. The fourth-order valence-corrected chi connectivity index (χ4v) is 3.76. The second-order valence-corrected chi connectivity index (χ2v) is 7.00. The molecule has 0 unspecified atom stereocenters. The number of nitrogens with one attached hydrogen (secondary N) is 1. The number of aromatic amines is 1. The molecular formula is C20H20N4O4. The van der Waals surface area contributed by atoms with Gasteiger partial charge >= 0.3 is 5.69 Å². The van der Waals surface area contributed by atoms with Crippen molar-refractivity contribution >= 4 is 23.4 Å². The zero-order chi connectivity index (χ0) is 19.8. The lowest BCUT2D eigenvalue weighted by Gasteiger charge is -2.16. The first kappa shape index (κ1) is 18.0. The highest BCUT2D eigenvalue weighted by atomic mass is 16.3. The van der Waals surface area contributed by atoms with Crippen molar-refractivity contribution in [3.8, 4) is 5.88 Å². The van der Waals surface area contributed by atoms with E-state index in [9.17, 15) is 19.5 Å². The Kier molecular flexibility index (Phi) is 4.46. The van der Waals surface area contributed by atoms with Gasteiger partial charge in [-0.05, 0) is 38.0 Å². The van der Waals surface area contributed by atoms with Gasteiger partial charge in [-0.1, -0.05) is 31.0 Å². The molecule has 1 amide bonds. The number of hydrogen-bond donors (Lipinski definition) is 2. The van der Waals surface area contributed by atoms with Crippen LogP contribution in [0.3, 0.4) is 0 Å². The van der Waals surface area contributed by atoms with Gasteiger partial charge in [0, 0.05) is 6.04 Å². The maximum Gasteiger partial charge on any atom is 0.331 e. The van der Waals surface area contributed by atoms with Gasteiger partial charge in [-0.3, -0.25) is 19.1 Å². The Hall–Kier alpha value is -3.42. The van der Waals surface area contributed by atoms with Crippen LogP contribution in [0.4, 0.5) is 5.69 Å². The summed E-state index contributed by atoms with van der Waals surface area (Å²) in [5.74, 6) is -0.812. The van der Waals surface area contributed by atoms with Gasteiger partial charge in [0.2, 0.25) is 5.88 Å². The van der Waals surface area contributed by atoms with Crippen LogP contribution in [-0.4, -0.2) is 26.3 Å². The molecule has 2 heterocycles. The lowest BCUT2D eigenvalue weighted by atomic mass is 10.1. The minimum atomic E-state index is -0.733. The maximum absolute atomic E-state index is 12.8. The fraction of sp³-hybridized carbons (Fsp3) is 0.300. The van der Waals surface area contributed by atoms with E-state index < -0.39 is 23.0 Å². The summed E-state index contributed by atoms with van der Waals surface area (Å²) in [5, 5.41) is 16.2. The van der Waals surface area contributed by atoms with Gasteiger partial charge in [0.1, 0.15) is 5.56 Å². The summed E-state index contributed by atoms with van der Waals surface area (Å²) in [5.41, 5.74) is -0.259. The Morgan fingerprint density at radius 1 is 1.14 bits per heavy atom. The zero-order valence-corrected chi connectivity index (χ0v) is 15.4. The third-order valence-electron chi connectivity index (χ3n) is 5.19. The molecule has 1 saturated carbocycles. The van der Waals surface area contributed by atoms with Crippen LogP contribution in [0.15, 0.2) is 50.6 Å². The van der Waals surface area contributed by atoms with Crippen molar-refractivity contribution in [3.05, 3.63) is 62.3 Å². The summed E-state index contributed by atoms with van der Waals surface area (Å²) >= 11 is 0. The van der Waals surface area contributed by atoms with E-state index in [0.717, 1.165) is 25.7 Å². The first-order valence-electron chi connectivity index (χ1n) is 9.22. The van der Waals surface area contributed by atoms with Crippen LogP contribution in [0, 0.1) is 0 Å². The van der Waals surface area contributed by atoms with E-state index in [4.69, 9.17) is 0 Å². The number of nitrogens with zero attached hydrogens (tertiary/aromatic N) is 3. The van der Waals surface area contributed by atoms with Crippen molar-refractivity contribution in [2.75, 3.05) is 5.01 Å². The van der Waals surface area contributed by atoms with Gasteiger partial charge in [0.15, 0.2) is 0 Å². The number of benzene rings is 1. The number of hydrogen-bond acceptors (Lipinski definition) is 5. The molecule has 1 aromatic carbocycles. The van der Waals surface area contributed by atoms with Crippen LogP contribution in [0.2, 0.25) is 0 Å². The molecule has 2 N–H and O–H groups in total. The summed E-state index contributed by atoms with van der Waals surface area (Å²) in [6, 6.07) is 8.77. The number of anilines is 1. The number of aromatic nitrogens is 2. The van der Waals surface area contributed by atoms with Crippen molar-refractivity contribution in [2.45, 2.75) is 38.6 Å². The predicted molar refractivity (Wildman–Crippen MR) is 106 cm³/mol. The number of rotatable bonds is 3. The van der Waals surface area contributed by atoms with Gasteiger partial charge in [-0.15, -0.1) is 0 Å². The standard InChI is InChI=1S/C20H20N4O4/c1-12-15(19(27)24(22-12)14-9-3-2-4-10-14)11-16-17(25)21-20(28)23(18(16)26)13-7-5-6-8-13/h2-4,9-11,13,26H,5-8H2,1H3,(H,21,25,28). The van der Waals surface area contributed by atoms with E-state index in [-0.39, 0.29) is 17.2 Å². The summed E-state index contributed by atoms with van der Waals surface area (Å²) < 4.78 is 1.22. The average molecular weight is 380 g/mol. The monoisotopic (exact) mass is 380 g/mol. The van der Waals surface area contributed by atoms with E-state index >= 15 is 0 Å². The van der Waals surface area contributed by atoms with Crippen LogP contribution >= 0.6 is 0 Å². The van der Waals surface area contributed by atoms with Crippen molar-refractivity contribution < 1.29 is 9.90 Å². The molecular weight excluding hydrogens is 360 g/mol. The highest BCUT2D eigenvalue weighted by Crippen LogP contribution is 2.32. The predicted octanol–water partition coefficient (Wildman–Crippen LogP) is 2.16. The number of aromatic hydroxyl groups is 1. The molecule has 1 aliphatic heterocycles. The molecule has 8 nitrogen and oxygen atoms in total. The Bertz CT molecular complexity index is 1110. The quantitative estimate of drug-likeness (QED) is 0.796. The van der Waals surface area contributed by atoms with Crippen LogP contribution in [0.1, 0.15) is 44.2 Å². The topological polar surface area (TPSA) is 108 Å². The molecule has 8 heteroatoms. The van der Waals surface area contributed by atoms with Crippen molar-refractivity contribution in [3.63, 3.8) is 0 Å². The second kappa shape index (κ2) is 6.95. The fourth-order valence-electron chi connectivity index (χ4n) is 3.76. The molecule has 2 aliphatic rings. The second-order valence-electron chi connectivity index (χ2n) is 7.00. The van der Waals surface area contributed by atoms with Crippen molar-refractivity contribution in [2.24, 2.45) is 5.10 Å². The summed E-state index contributed by atoms with van der Waals surface area (Å²) in [6.07, 6.45) is 4.75. The number of amides is 1.